The minimum Gasteiger partial charge on any atom is -0.376 e. The first-order chi connectivity index (χ1) is 4.54. The van der Waals surface area contributed by atoms with Gasteiger partial charge in [-0.1, -0.05) is 27.2 Å². The molecule has 0 fully saturated rings. The maximum Gasteiger partial charge on any atom is 0.116 e. The Morgan fingerprint density at radius 3 is 2.30 bits per heavy atom. The Labute approximate surface area is 63.4 Å². The average molecular weight is 145 g/mol. The Morgan fingerprint density at radius 1 is 1.50 bits per heavy atom. The fourth-order valence-corrected chi connectivity index (χ4v) is 1.00. The van der Waals surface area contributed by atoms with Crippen molar-refractivity contribution in [1.29, 1.82) is 0 Å². The zero-order chi connectivity index (χ0) is 8.20. The van der Waals surface area contributed by atoms with Crippen LogP contribution in [0.5, 0.6) is 0 Å². The van der Waals surface area contributed by atoms with Gasteiger partial charge < -0.3 is 10.8 Å². The van der Waals surface area contributed by atoms with Crippen LogP contribution in [0.3, 0.4) is 0 Å². The fourth-order valence-electron chi connectivity index (χ4n) is 1.00. The van der Waals surface area contributed by atoms with Gasteiger partial charge in [-0.2, -0.15) is 0 Å². The Hall–Kier alpha value is -0.0800. The maximum atomic E-state index is 9.56. The Morgan fingerprint density at radius 2 is 2.00 bits per heavy atom. The van der Waals surface area contributed by atoms with Crippen molar-refractivity contribution in [3.63, 3.8) is 0 Å². The lowest BCUT2D eigenvalue weighted by Gasteiger charge is -2.28. The standard InChI is InChI=1S/C8H19NO/c1-4-6-8(9,10)7(3)5-2/h7,10H,4-6,9H2,1-3H3. The zero-order valence-corrected chi connectivity index (χ0v) is 7.22. The highest BCUT2D eigenvalue weighted by Gasteiger charge is 2.25. The second kappa shape index (κ2) is 3.94. The van der Waals surface area contributed by atoms with Crippen LogP contribution in [0.25, 0.3) is 0 Å². The van der Waals surface area contributed by atoms with Crippen LogP contribution in [-0.4, -0.2) is 10.8 Å². The maximum absolute atomic E-state index is 9.56. The molecule has 0 saturated carbocycles. The van der Waals surface area contributed by atoms with Crippen molar-refractivity contribution in [1.82, 2.24) is 0 Å². The molecule has 0 heterocycles. The summed E-state index contributed by atoms with van der Waals surface area (Å²) in [5.74, 6) is 0.201. The lowest BCUT2D eigenvalue weighted by atomic mass is 9.92. The molecule has 0 aromatic rings. The topological polar surface area (TPSA) is 46.2 Å². The molecule has 0 bridgehead atoms. The number of aliphatic hydroxyl groups is 1. The first-order valence-electron chi connectivity index (χ1n) is 4.05. The first kappa shape index (κ1) is 9.92. The summed E-state index contributed by atoms with van der Waals surface area (Å²) < 4.78 is 0. The molecule has 0 radical (unpaired) electrons. The molecular weight excluding hydrogens is 126 g/mol. The highest BCUT2D eigenvalue weighted by atomic mass is 16.3. The van der Waals surface area contributed by atoms with Crippen molar-refractivity contribution < 1.29 is 5.11 Å². The molecule has 2 unspecified atom stereocenters. The average Bonchev–Trinajstić information content (AvgIpc) is 1.86. The van der Waals surface area contributed by atoms with Crippen LogP contribution in [0, 0.1) is 5.92 Å². The van der Waals surface area contributed by atoms with E-state index in [0.717, 1.165) is 12.8 Å². The van der Waals surface area contributed by atoms with E-state index in [0.29, 0.717) is 6.42 Å². The largest absolute Gasteiger partial charge is 0.376 e. The second-order valence-corrected chi connectivity index (χ2v) is 3.05. The molecule has 0 rings (SSSR count). The fraction of sp³-hybridized carbons (Fsp3) is 1.00. The summed E-state index contributed by atoms with van der Waals surface area (Å²) in [4.78, 5) is 0. The van der Waals surface area contributed by atoms with Gasteiger partial charge in [-0.3, -0.25) is 0 Å². The zero-order valence-electron chi connectivity index (χ0n) is 7.22. The molecule has 3 N–H and O–H groups in total. The van der Waals surface area contributed by atoms with Crippen LogP contribution in [0.4, 0.5) is 0 Å². The van der Waals surface area contributed by atoms with E-state index < -0.39 is 5.72 Å². The summed E-state index contributed by atoms with van der Waals surface area (Å²) in [6.45, 7) is 6.05. The van der Waals surface area contributed by atoms with Gasteiger partial charge in [0.15, 0.2) is 0 Å². The van der Waals surface area contributed by atoms with E-state index in [9.17, 15) is 5.11 Å². The van der Waals surface area contributed by atoms with Gasteiger partial charge in [-0.05, 0) is 18.8 Å². The lowest BCUT2D eigenvalue weighted by molar-refractivity contribution is -0.0158. The monoisotopic (exact) mass is 145 g/mol. The van der Waals surface area contributed by atoms with Crippen molar-refractivity contribution in [3.05, 3.63) is 0 Å². The minimum atomic E-state index is -0.941. The molecule has 0 aliphatic heterocycles. The van der Waals surface area contributed by atoms with E-state index in [2.05, 4.69) is 0 Å². The van der Waals surface area contributed by atoms with E-state index in [1.807, 2.05) is 20.8 Å². The molecule has 0 aliphatic carbocycles. The number of rotatable bonds is 4. The number of nitrogens with two attached hydrogens (primary N) is 1. The highest BCUT2D eigenvalue weighted by molar-refractivity contribution is 4.75. The van der Waals surface area contributed by atoms with Gasteiger partial charge in [0, 0.05) is 0 Å². The smallest absolute Gasteiger partial charge is 0.116 e. The molecule has 0 aromatic heterocycles. The summed E-state index contributed by atoms with van der Waals surface area (Å²) in [6, 6.07) is 0. The van der Waals surface area contributed by atoms with Gasteiger partial charge in [0.1, 0.15) is 5.72 Å². The van der Waals surface area contributed by atoms with Gasteiger partial charge in [0.25, 0.3) is 0 Å². The summed E-state index contributed by atoms with van der Waals surface area (Å²) >= 11 is 0. The van der Waals surface area contributed by atoms with Gasteiger partial charge >= 0.3 is 0 Å². The molecule has 2 atom stereocenters. The normalized spacial score (nSPS) is 20.1. The Bertz CT molecular complexity index is 91.3. The number of hydrogen-bond acceptors (Lipinski definition) is 2. The molecular formula is C8H19NO. The van der Waals surface area contributed by atoms with E-state index >= 15 is 0 Å². The predicted octanol–water partition coefficient (Wildman–Crippen LogP) is 1.48. The van der Waals surface area contributed by atoms with Crippen molar-refractivity contribution in [3.8, 4) is 0 Å². The third kappa shape index (κ3) is 2.67. The molecule has 0 saturated heterocycles. The SMILES string of the molecule is CCCC(N)(O)C(C)CC. The third-order valence-corrected chi connectivity index (χ3v) is 2.12. The summed E-state index contributed by atoms with van der Waals surface area (Å²) in [5.41, 5.74) is 4.70. The molecule has 0 aliphatic rings. The van der Waals surface area contributed by atoms with Gasteiger partial charge in [0.2, 0.25) is 0 Å². The van der Waals surface area contributed by atoms with Crippen LogP contribution in [0.15, 0.2) is 0 Å². The minimum absolute atomic E-state index is 0.201. The van der Waals surface area contributed by atoms with Gasteiger partial charge in [0.05, 0.1) is 0 Å². The number of hydrogen-bond donors (Lipinski definition) is 2. The molecule has 10 heavy (non-hydrogen) atoms. The predicted molar refractivity (Wildman–Crippen MR) is 43.5 cm³/mol. The van der Waals surface area contributed by atoms with Crippen LogP contribution in [0.2, 0.25) is 0 Å². The third-order valence-electron chi connectivity index (χ3n) is 2.12. The Kier molecular flexibility index (Phi) is 3.91. The molecule has 62 valence electrons. The van der Waals surface area contributed by atoms with Crippen molar-refractivity contribution >= 4 is 0 Å². The second-order valence-electron chi connectivity index (χ2n) is 3.05. The molecule has 0 spiro atoms. The van der Waals surface area contributed by atoms with Crippen molar-refractivity contribution in [2.24, 2.45) is 11.7 Å². The summed E-state index contributed by atoms with van der Waals surface area (Å²) in [6.07, 6.45) is 2.58. The van der Waals surface area contributed by atoms with Crippen LogP contribution in [-0.2, 0) is 0 Å². The van der Waals surface area contributed by atoms with Crippen LogP contribution >= 0.6 is 0 Å². The molecule has 0 aromatic carbocycles. The van der Waals surface area contributed by atoms with Gasteiger partial charge in [-0.15, -0.1) is 0 Å². The quantitative estimate of drug-likeness (QED) is 0.588. The summed E-state index contributed by atoms with van der Waals surface area (Å²) in [7, 11) is 0. The van der Waals surface area contributed by atoms with E-state index in [1.165, 1.54) is 0 Å². The van der Waals surface area contributed by atoms with Crippen LogP contribution < -0.4 is 5.73 Å². The van der Waals surface area contributed by atoms with E-state index in [4.69, 9.17) is 5.73 Å². The Balaban J connectivity index is 3.82. The molecule has 2 nitrogen and oxygen atoms in total. The van der Waals surface area contributed by atoms with E-state index in [1.54, 1.807) is 0 Å². The summed E-state index contributed by atoms with van der Waals surface area (Å²) in [5, 5.41) is 9.56. The van der Waals surface area contributed by atoms with Gasteiger partial charge in [-0.25, -0.2) is 0 Å². The molecule has 2 heteroatoms. The lowest BCUT2D eigenvalue weighted by Crippen LogP contribution is -2.45. The van der Waals surface area contributed by atoms with Crippen molar-refractivity contribution in [2.75, 3.05) is 0 Å². The van der Waals surface area contributed by atoms with Crippen LogP contribution in [0.1, 0.15) is 40.0 Å². The molecule has 0 amide bonds. The highest BCUT2D eigenvalue weighted by Crippen LogP contribution is 2.19. The first-order valence-corrected chi connectivity index (χ1v) is 4.05. The van der Waals surface area contributed by atoms with Crippen molar-refractivity contribution in [2.45, 2.75) is 45.8 Å². The van der Waals surface area contributed by atoms with E-state index in [-0.39, 0.29) is 5.92 Å².